The van der Waals surface area contributed by atoms with Crippen LogP contribution in [0, 0.1) is 5.92 Å². The lowest BCUT2D eigenvalue weighted by atomic mass is 9.94. The smallest absolute Gasteiger partial charge is 0.182 e. The van der Waals surface area contributed by atoms with Crippen molar-refractivity contribution in [1.29, 1.82) is 0 Å². The molecular formula is C11H20N4O2S2. The molecule has 2 rings (SSSR count). The van der Waals surface area contributed by atoms with Gasteiger partial charge in [0.2, 0.25) is 0 Å². The molecule has 1 aromatic heterocycles. The molecule has 2 heterocycles. The Labute approximate surface area is 118 Å². The Bertz CT molecular complexity index is 555. The maximum absolute atomic E-state index is 11.7. The highest BCUT2D eigenvalue weighted by molar-refractivity contribution is 7.91. The molecule has 0 saturated carbocycles. The van der Waals surface area contributed by atoms with Crippen molar-refractivity contribution in [2.75, 3.05) is 37.4 Å². The second-order valence-electron chi connectivity index (χ2n) is 5.28. The van der Waals surface area contributed by atoms with Crippen molar-refractivity contribution in [2.24, 2.45) is 5.92 Å². The molecule has 2 atom stereocenters. The van der Waals surface area contributed by atoms with Crippen LogP contribution in [-0.4, -0.2) is 50.1 Å². The maximum atomic E-state index is 11.7. The summed E-state index contributed by atoms with van der Waals surface area (Å²) in [7, 11) is -1.25. The van der Waals surface area contributed by atoms with Crippen molar-refractivity contribution in [2.45, 2.75) is 24.3 Å². The normalized spacial score (nSPS) is 25.4. The van der Waals surface area contributed by atoms with Gasteiger partial charge in [0.05, 0.1) is 0 Å². The Kier molecular flexibility index (Phi) is 4.03. The molecule has 8 heteroatoms. The highest BCUT2D eigenvalue weighted by Gasteiger charge is 2.28. The molecule has 0 bridgehead atoms. The summed E-state index contributed by atoms with van der Waals surface area (Å²) in [6.07, 6.45) is 2.15. The fraction of sp³-hybridized carbons (Fsp3) is 0.727. The molecule has 3 N–H and O–H groups in total. The van der Waals surface area contributed by atoms with Crippen molar-refractivity contribution in [3.05, 3.63) is 0 Å². The molecule has 1 aliphatic heterocycles. The predicted molar refractivity (Wildman–Crippen MR) is 78.3 cm³/mol. The van der Waals surface area contributed by atoms with Gasteiger partial charge >= 0.3 is 0 Å². The number of rotatable bonds is 3. The number of sulfone groups is 1. The number of aromatic nitrogens is 1. The molecule has 0 spiro atoms. The SMILES string of the molecule is CC1CN(C)CCC1Nc1snc(N)c1S(C)(=O)=O. The summed E-state index contributed by atoms with van der Waals surface area (Å²) in [6.45, 7) is 4.17. The summed E-state index contributed by atoms with van der Waals surface area (Å²) in [5, 5.41) is 3.89. The number of nitrogen functional groups attached to an aromatic ring is 1. The minimum atomic E-state index is -3.35. The van der Waals surface area contributed by atoms with Crippen LogP contribution in [0.5, 0.6) is 0 Å². The fourth-order valence-electron chi connectivity index (χ4n) is 2.48. The second-order valence-corrected chi connectivity index (χ2v) is 8.00. The summed E-state index contributed by atoms with van der Waals surface area (Å²) in [6, 6.07) is 0.261. The van der Waals surface area contributed by atoms with Crippen molar-refractivity contribution in [3.8, 4) is 0 Å². The zero-order valence-corrected chi connectivity index (χ0v) is 13.0. The molecule has 108 valence electrons. The Morgan fingerprint density at radius 2 is 2.21 bits per heavy atom. The molecule has 1 fully saturated rings. The molecule has 1 aromatic rings. The van der Waals surface area contributed by atoms with Gasteiger partial charge in [-0.2, -0.15) is 4.37 Å². The van der Waals surface area contributed by atoms with Gasteiger partial charge in [0.25, 0.3) is 0 Å². The zero-order chi connectivity index (χ0) is 14.2. The van der Waals surface area contributed by atoms with Gasteiger partial charge in [-0.1, -0.05) is 6.92 Å². The van der Waals surface area contributed by atoms with Gasteiger partial charge in [-0.25, -0.2) is 8.42 Å². The quantitative estimate of drug-likeness (QED) is 0.862. The summed E-state index contributed by atoms with van der Waals surface area (Å²) in [5.41, 5.74) is 5.66. The van der Waals surface area contributed by atoms with Crippen LogP contribution >= 0.6 is 11.5 Å². The number of hydrogen-bond acceptors (Lipinski definition) is 7. The molecule has 19 heavy (non-hydrogen) atoms. The monoisotopic (exact) mass is 304 g/mol. The third kappa shape index (κ3) is 3.18. The Morgan fingerprint density at radius 1 is 1.53 bits per heavy atom. The number of likely N-dealkylation sites (tertiary alicyclic amines) is 1. The summed E-state index contributed by atoms with van der Waals surface area (Å²) >= 11 is 1.12. The van der Waals surface area contributed by atoms with E-state index in [1.54, 1.807) is 0 Å². The van der Waals surface area contributed by atoms with E-state index in [4.69, 9.17) is 5.73 Å². The van der Waals surface area contributed by atoms with Gasteiger partial charge < -0.3 is 16.0 Å². The van der Waals surface area contributed by atoms with Crippen molar-refractivity contribution in [1.82, 2.24) is 9.27 Å². The van der Waals surface area contributed by atoms with E-state index in [1.807, 2.05) is 0 Å². The van der Waals surface area contributed by atoms with Gasteiger partial charge in [-0.15, -0.1) is 0 Å². The van der Waals surface area contributed by atoms with E-state index in [1.165, 1.54) is 0 Å². The molecule has 0 radical (unpaired) electrons. The van der Waals surface area contributed by atoms with E-state index in [9.17, 15) is 8.42 Å². The number of nitrogens with one attached hydrogen (secondary N) is 1. The van der Waals surface area contributed by atoms with Gasteiger partial charge in [0.15, 0.2) is 15.7 Å². The van der Waals surface area contributed by atoms with Crippen LogP contribution in [0.2, 0.25) is 0 Å². The molecule has 6 nitrogen and oxygen atoms in total. The predicted octanol–water partition coefficient (Wildman–Crippen LogP) is 0.881. The van der Waals surface area contributed by atoms with Gasteiger partial charge in [-0.05, 0) is 37.5 Å². The standard InChI is InChI=1S/C11H20N4O2S2/c1-7-6-15(2)5-4-8(7)13-11-9(19(3,16)17)10(12)14-18-11/h7-8,13H,4-6H2,1-3H3,(H2,12,14). The van der Waals surface area contributed by atoms with Crippen LogP contribution in [0.15, 0.2) is 4.90 Å². The van der Waals surface area contributed by atoms with Crippen molar-refractivity contribution in [3.63, 3.8) is 0 Å². The van der Waals surface area contributed by atoms with E-state index in [2.05, 4.69) is 28.6 Å². The van der Waals surface area contributed by atoms with Crippen LogP contribution in [0.4, 0.5) is 10.8 Å². The average Bonchev–Trinajstić information content (AvgIpc) is 2.63. The van der Waals surface area contributed by atoms with Crippen LogP contribution in [0.1, 0.15) is 13.3 Å². The summed E-state index contributed by atoms with van der Waals surface area (Å²) < 4.78 is 27.5. The number of nitrogens with zero attached hydrogens (tertiary/aromatic N) is 2. The van der Waals surface area contributed by atoms with Crippen LogP contribution in [0.3, 0.4) is 0 Å². The van der Waals surface area contributed by atoms with Crippen molar-refractivity contribution >= 4 is 32.2 Å². The first-order chi connectivity index (χ1) is 8.79. The van der Waals surface area contributed by atoms with Gasteiger partial charge in [-0.3, -0.25) is 0 Å². The van der Waals surface area contributed by atoms with Gasteiger partial charge in [0, 0.05) is 18.8 Å². The Morgan fingerprint density at radius 3 is 2.79 bits per heavy atom. The molecule has 1 aliphatic rings. The fourth-order valence-corrected chi connectivity index (χ4v) is 4.60. The molecule has 0 amide bonds. The number of anilines is 2. The minimum Gasteiger partial charge on any atom is -0.382 e. The lowest BCUT2D eigenvalue weighted by Gasteiger charge is -2.35. The minimum absolute atomic E-state index is 0.0931. The molecule has 0 aliphatic carbocycles. The second kappa shape index (κ2) is 5.26. The van der Waals surface area contributed by atoms with Gasteiger partial charge in [0.1, 0.15) is 9.90 Å². The van der Waals surface area contributed by atoms with Crippen molar-refractivity contribution < 1.29 is 8.42 Å². The first kappa shape index (κ1) is 14.5. The van der Waals surface area contributed by atoms with E-state index < -0.39 is 9.84 Å². The highest BCUT2D eigenvalue weighted by Crippen LogP contribution is 2.33. The molecule has 2 unspecified atom stereocenters. The summed E-state index contributed by atoms with van der Waals surface area (Å²) in [4.78, 5) is 2.42. The molecule has 0 aromatic carbocycles. The highest BCUT2D eigenvalue weighted by atomic mass is 32.2. The lowest BCUT2D eigenvalue weighted by Crippen LogP contribution is -2.43. The molecule has 1 saturated heterocycles. The Hall–Kier alpha value is -0.860. The first-order valence-electron chi connectivity index (χ1n) is 6.19. The third-order valence-corrected chi connectivity index (χ3v) is 5.55. The first-order valence-corrected chi connectivity index (χ1v) is 8.86. The number of nitrogens with two attached hydrogens (primary N) is 1. The van der Waals surface area contributed by atoms with Crippen LogP contribution < -0.4 is 11.1 Å². The largest absolute Gasteiger partial charge is 0.382 e. The lowest BCUT2D eigenvalue weighted by molar-refractivity contribution is 0.206. The summed E-state index contributed by atoms with van der Waals surface area (Å²) in [5.74, 6) is 0.546. The van der Waals surface area contributed by atoms with E-state index >= 15 is 0 Å². The van der Waals surface area contributed by atoms with Crippen LogP contribution in [0.25, 0.3) is 0 Å². The zero-order valence-electron chi connectivity index (χ0n) is 11.4. The topological polar surface area (TPSA) is 88.3 Å². The third-order valence-electron chi connectivity index (χ3n) is 3.47. The number of piperidine rings is 1. The molecular weight excluding hydrogens is 284 g/mol. The number of hydrogen-bond donors (Lipinski definition) is 2. The van der Waals surface area contributed by atoms with Crippen LogP contribution in [-0.2, 0) is 9.84 Å². The average molecular weight is 304 g/mol. The van der Waals surface area contributed by atoms with E-state index in [-0.39, 0.29) is 16.8 Å². The Balaban J connectivity index is 2.21. The maximum Gasteiger partial charge on any atom is 0.182 e. The van der Waals surface area contributed by atoms with E-state index in [0.717, 1.165) is 37.3 Å². The van der Waals surface area contributed by atoms with E-state index in [0.29, 0.717) is 10.9 Å².